The minimum Gasteiger partial charge on any atom is -0.462 e. The van der Waals surface area contributed by atoms with Gasteiger partial charge in [0.05, 0.1) is 43.6 Å². The minimum atomic E-state index is -4.18. The molecule has 0 heterocycles. The molecule has 0 aliphatic heterocycles. The van der Waals surface area contributed by atoms with Crippen LogP contribution >= 0.6 is 0 Å². The van der Waals surface area contributed by atoms with E-state index in [1.165, 1.54) is 58.2 Å². The lowest BCUT2D eigenvalue weighted by Crippen LogP contribution is -2.50. The Morgan fingerprint density at radius 3 is 1.71 bits per heavy atom. The first-order valence-corrected chi connectivity index (χ1v) is 17.6. The molecule has 0 radical (unpaired) electrons. The van der Waals surface area contributed by atoms with Crippen molar-refractivity contribution < 1.29 is 27.0 Å². The summed E-state index contributed by atoms with van der Waals surface area (Å²) in [5.74, 6) is -0.410. The summed E-state index contributed by atoms with van der Waals surface area (Å²) < 4.78 is 41.2. The van der Waals surface area contributed by atoms with Crippen LogP contribution in [0.4, 0.5) is 0 Å². The number of hydrogen-bond donors (Lipinski definition) is 1. The fraction of sp³-hybridized carbons (Fsp3) is 0.571. The van der Waals surface area contributed by atoms with Crippen molar-refractivity contribution in [2.45, 2.75) is 96.7 Å². The molecule has 0 bridgehead atoms. The number of carbonyl (C=O) groups is 1. The Morgan fingerprint density at radius 2 is 1.21 bits per heavy atom. The molecular weight excluding hydrogens is 546 g/mol. The third-order valence-corrected chi connectivity index (χ3v) is 9.98. The van der Waals surface area contributed by atoms with Gasteiger partial charge in [-0.15, -0.1) is 0 Å². The average Bonchev–Trinajstić information content (AvgIpc) is 2.98. The third kappa shape index (κ3) is 9.78. The van der Waals surface area contributed by atoms with Crippen LogP contribution in [-0.4, -0.2) is 61.5 Å². The van der Waals surface area contributed by atoms with Crippen LogP contribution < -0.4 is 0 Å². The van der Waals surface area contributed by atoms with Crippen molar-refractivity contribution in [2.75, 3.05) is 32.8 Å². The predicted molar refractivity (Wildman–Crippen MR) is 175 cm³/mol. The van der Waals surface area contributed by atoms with Gasteiger partial charge in [0.25, 0.3) is 10.1 Å². The SMILES string of the molecule is CCCC[N+](CCCC)(CCCC)CCCCC(CCCOC(=O)c1c2ccccc2cc2ccccc12)S(=O)(=O)O. The maximum atomic E-state index is 13.3. The largest absolute Gasteiger partial charge is 0.462 e. The summed E-state index contributed by atoms with van der Waals surface area (Å²) in [6, 6.07) is 17.6. The van der Waals surface area contributed by atoms with E-state index in [4.69, 9.17) is 4.74 Å². The van der Waals surface area contributed by atoms with Gasteiger partial charge >= 0.3 is 5.97 Å². The number of ether oxygens (including phenoxy) is 1. The maximum Gasteiger partial charge on any atom is 0.339 e. The molecular formula is C35H52NO5S+. The molecule has 0 saturated heterocycles. The fourth-order valence-corrected chi connectivity index (χ4v) is 7.12. The third-order valence-electron chi connectivity index (χ3n) is 8.67. The summed E-state index contributed by atoms with van der Waals surface area (Å²) in [5, 5.41) is 2.78. The van der Waals surface area contributed by atoms with Crippen LogP contribution in [0.2, 0.25) is 0 Å². The van der Waals surface area contributed by atoms with Crippen LogP contribution in [-0.2, 0) is 14.9 Å². The molecule has 3 rings (SSSR count). The summed E-state index contributed by atoms with van der Waals surface area (Å²) >= 11 is 0. The monoisotopic (exact) mass is 598 g/mol. The van der Waals surface area contributed by atoms with Crippen LogP contribution in [0.3, 0.4) is 0 Å². The van der Waals surface area contributed by atoms with E-state index in [0.717, 1.165) is 45.4 Å². The van der Waals surface area contributed by atoms with Gasteiger partial charge in [-0.25, -0.2) is 4.79 Å². The molecule has 232 valence electrons. The summed E-state index contributed by atoms with van der Waals surface area (Å²) in [4.78, 5) is 13.3. The summed E-state index contributed by atoms with van der Waals surface area (Å²) in [6.45, 7) is 11.5. The van der Waals surface area contributed by atoms with Gasteiger partial charge in [0.15, 0.2) is 0 Å². The van der Waals surface area contributed by atoms with Crippen LogP contribution in [0.25, 0.3) is 21.5 Å². The van der Waals surface area contributed by atoms with Gasteiger partial charge < -0.3 is 9.22 Å². The second-order valence-electron chi connectivity index (χ2n) is 11.9. The van der Waals surface area contributed by atoms with Crippen molar-refractivity contribution >= 4 is 37.6 Å². The van der Waals surface area contributed by atoms with E-state index in [9.17, 15) is 17.8 Å². The Morgan fingerprint density at radius 1 is 0.738 bits per heavy atom. The van der Waals surface area contributed by atoms with E-state index >= 15 is 0 Å². The number of hydrogen-bond acceptors (Lipinski definition) is 4. The first-order valence-electron chi connectivity index (χ1n) is 16.1. The molecule has 0 fully saturated rings. The van der Waals surface area contributed by atoms with E-state index in [2.05, 4.69) is 26.8 Å². The molecule has 0 amide bonds. The van der Waals surface area contributed by atoms with Gasteiger partial charge in [0.2, 0.25) is 0 Å². The minimum absolute atomic E-state index is 0.105. The highest BCUT2D eigenvalue weighted by Gasteiger charge is 2.27. The Kier molecular flexibility index (Phi) is 13.7. The molecule has 1 N–H and O–H groups in total. The van der Waals surface area contributed by atoms with E-state index in [-0.39, 0.29) is 13.0 Å². The zero-order valence-corrected chi connectivity index (χ0v) is 26.8. The highest BCUT2D eigenvalue weighted by molar-refractivity contribution is 7.86. The number of fused-ring (bicyclic) bond motifs is 2. The second kappa shape index (κ2) is 17.0. The summed E-state index contributed by atoms with van der Waals surface area (Å²) in [6.07, 6.45) is 9.99. The number of unbranched alkanes of at least 4 members (excludes halogenated alkanes) is 4. The quantitative estimate of drug-likeness (QED) is 0.0463. The van der Waals surface area contributed by atoms with E-state index in [1.54, 1.807) is 0 Å². The topological polar surface area (TPSA) is 80.7 Å². The van der Waals surface area contributed by atoms with Crippen LogP contribution in [0, 0.1) is 0 Å². The highest BCUT2D eigenvalue weighted by Crippen LogP contribution is 2.29. The van der Waals surface area contributed by atoms with Crippen molar-refractivity contribution in [2.24, 2.45) is 0 Å². The number of quaternary nitrogens is 1. The maximum absolute atomic E-state index is 13.3. The normalized spacial score (nSPS) is 13.0. The highest BCUT2D eigenvalue weighted by atomic mass is 32.2. The van der Waals surface area contributed by atoms with E-state index in [0.29, 0.717) is 18.4 Å². The van der Waals surface area contributed by atoms with Crippen molar-refractivity contribution in [1.82, 2.24) is 0 Å². The van der Waals surface area contributed by atoms with E-state index in [1.807, 2.05) is 48.5 Å². The lowest BCUT2D eigenvalue weighted by molar-refractivity contribution is -0.929. The standard InChI is InChI=1S/C35H51NO5S/c1-4-7-23-36(24-8-5-2,25-9-6-3)26-15-14-19-31(42(38,39)40)20-16-27-41-35(37)34-32-21-12-10-17-29(32)28-30-18-11-13-22-33(30)34/h10-13,17-18,21-22,28,31H,4-9,14-16,19-20,23-27H2,1-3H3/p+1. The van der Waals surface area contributed by atoms with Gasteiger partial charge in [0, 0.05) is 0 Å². The lowest BCUT2D eigenvalue weighted by Gasteiger charge is -2.39. The van der Waals surface area contributed by atoms with Gasteiger partial charge in [-0.3, -0.25) is 4.55 Å². The molecule has 42 heavy (non-hydrogen) atoms. The number of carbonyl (C=O) groups excluding carboxylic acids is 1. The molecule has 7 heteroatoms. The first kappa shape index (κ1) is 34.0. The van der Waals surface area contributed by atoms with Crippen molar-refractivity contribution in [3.05, 3.63) is 60.2 Å². The molecule has 6 nitrogen and oxygen atoms in total. The molecule has 0 aliphatic rings. The molecule has 0 aromatic heterocycles. The van der Waals surface area contributed by atoms with Gasteiger partial charge in [-0.1, -0.05) is 88.6 Å². The zero-order chi connectivity index (χ0) is 30.4. The van der Waals surface area contributed by atoms with Gasteiger partial charge in [-0.05, 0) is 79.0 Å². The Balaban J connectivity index is 1.57. The predicted octanol–water partition coefficient (Wildman–Crippen LogP) is 8.57. The molecule has 0 saturated carbocycles. The van der Waals surface area contributed by atoms with E-state index < -0.39 is 21.3 Å². The van der Waals surface area contributed by atoms with Crippen LogP contribution in [0.5, 0.6) is 0 Å². The molecule has 0 aliphatic carbocycles. The van der Waals surface area contributed by atoms with Crippen molar-refractivity contribution in [3.8, 4) is 0 Å². The number of nitrogens with zero attached hydrogens (tertiary/aromatic N) is 1. The van der Waals surface area contributed by atoms with Gasteiger partial charge in [-0.2, -0.15) is 8.42 Å². The number of benzene rings is 3. The van der Waals surface area contributed by atoms with Crippen molar-refractivity contribution in [3.63, 3.8) is 0 Å². The fourth-order valence-electron chi connectivity index (χ4n) is 6.19. The molecule has 1 atom stereocenters. The lowest BCUT2D eigenvalue weighted by atomic mass is 9.97. The summed E-state index contributed by atoms with van der Waals surface area (Å²) in [7, 11) is -4.18. The van der Waals surface area contributed by atoms with Crippen molar-refractivity contribution in [1.29, 1.82) is 0 Å². The average molecular weight is 599 g/mol. The Labute approximate surface area is 253 Å². The Bertz CT molecular complexity index is 1290. The summed E-state index contributed by atoms with van der Waals surface area (Å²) in [5.41, 5.74) is 0.533. The van der Waals surface area contributed by atoms with Crippen LogP contribution in [0.1, 0.15) is 102 Å². The first-order chi connectivity index (χ1) is 20.2. The number of rotatable bonds is 20. The second-order valence-corrected chi connectivity index (χ2v) is 13.6. The smallest absolute Gasteiger partial charge is 0.339 e. The van der Waals surface area contributed by atoms with Gasteiger partial charge in [0.1, 0.15) is 0 Å². The Hall–Kier alpha value is -2.48. The number of esters is 1. The molecule has 1 unspecified atom stereocenters. The molecule has 3 aromatic rings. The molecule has 0 spiro atoms. The zero-order valence-electron chi connectivity index (χ0n) is 26.0. The van der Waals surface area contributed by atoms with Crippen LogP contribution in [0.15, 0.2) is 54.6 Å². The molecule has 3 aromatic carbocycles.